The number of hydrogen-bond acceptors (Lipinski definition) is 4. The first kappa shape index (κ1) is 20.6. The second-order valence-electron chi connectivity index (χ2n) is 6.54. The van der Waals surface area contributed by atoms with Crippen molar-refractivity contribution in [2.45, 2.75) is 6.92 Å². The maximum atomic E-state index is 13.9. The molecule has 31 heavy (non-hydrogen) atoms. The first-order valence-electron chi connectivity index (χ1n) is 9.57. The highest BCUT2D eigenvalue weighted by Crippen LogP contribution is 2.25. The lowest BCUT2D eigenvalue weighted by Gasteiger charge is -2.08. The molecule has 8 heteroatoms. The quantitative estimate of drug-likeness (QED) is 0.440. The summed E-state index contributed by atoms with van der Waals surface area (Å²) in [5.74, 6) is -0.138. The monoisotopic (exact) mass is 436 g/mol. The van der Waals surface area contributed by atoms with Crippen molar-refractivity contribution >= 4 is 23.2 Å². The summed E-state index contributed by atoms with van der Waals surface area (Å²) in [4.78, 5) is 17.1. The molecule has 4 aromatic rings. The summed E-state index contributed by atoms with van der Waals surface area (Å²) in [6.45, 7) is 2.46. The predicted octanol–water partition coefficient (Wildman–Crippen LogP) is 5.38. The molecule has 0 saturated heterocycles. The first-order chi connectivity index (χ1) is 15.0. The summed E-state index contributed by atoms with van der Waals surface area (Å²) in [7, 11) is 0. The fraction of sp³-hybridized carbons (Fsp3) is 0.0870. The van der Waals surface area contributed by atoms with E-state index in [0.29, 0.717) is 34.5 Å². The first-order valence-corrected chi connectivity index (χ1v) is 9.95. The van der Waals surface area contributed by atoms with Crippen LogP contribution in [0.15, 0.2) is 72.8 Å². The molecule has 1 heterocycles. The van der Waals surface area contributed by atoms with Crippen molar-refractivity contribution in [2.24, 2.45) is 0 Å². The van der Waals surface area contributed by atoms with Gasteiger partial charge in [0, 0.05) is 10.6 Å². The average Bonchev–Trinajstić information content (AvgIpc) is 3.22. The molecule has 0 saturated carbocycles. The standard InChI is InChI=1S/C23H18ClFN4O2/c1-2-31-18-12-10-17(11-13-18)29-22(15-6-5-7-16(24)14-15)27-21(28-29)23(30)26-20-9-4-3-8-19(20)25/h3-14H,2H2,1H3,(H,26,30). The zero-order valence-electron chi connectivity index (χ0n) is 16.5. The third-order valence-corrected chi connectivity index (χ3v) is 4.64. The van der Waals surface area contributed by atoms with Crippen molar-refractivity contribution in [3.8, 4) is 22.8 Å². The number of nitrogens with zero attached hydrogens (tertiary/aromatic N) is 3. The Balaban J connectivity index is 1.75. The molecule has 0 bridgehead atoms. The van der Waals surface area contributed by atoms with E-state index in [2.05, 4.69) is 15.4 Å². The molecule has 0 fully saturated rings. The van der Waals surface area contributed by atoms with Crippen LogP contribution in [-0.2, 0) is 0 Å². The summed E-state index contributed by atoms with van der Waals surface area (Å²) < 4.78 is 21.0. The van der Waals surface area contributed by atoms with Gasteiger partial charge in [0.15, 0.2) is 5.82 Å². The number of para-hydroxylation sites is 1. The number of benzene rings is 3. The minimum Gasteiger partial charge on any atom is -0.494 e. The van der Waals surface area contributed by atoms with Crippen LogP contribution in [0.4, 0.5) is 10.1 Å². The maximum Gasteiger partial charge on any atom is 0.295 e. The molecule has 0 aliphatic carbocycles. The average molecular weight is 437 g/mol. The van der Waals surface area contributed by atoms with Crippen LogP contribution in [0.2, 0.25) is 5.02 Å². The Morgan fingerprint density at radius 3 is 2.58 bits per heavy atom. The zero-order valence-corrected chi connectivity index (χ0v) is 17.3. The Labute approximate surface area is 183 Å². The number of halogens is 2. The minimum absolute atomic E-state index is 0.0502. The van der Waals surface area contributed by atoms with Crippen molar-refractivity contribution < 1.29 is 13.9 Å². The van der Waals surface area contributed by atoms with Gasteiger partial charge in [0.05, 0.1) is 18.0 Å². The van der Waals surface area contributed by atoms with Crippen molar-refractivity contribution in [3.63, 3.8) is 0 Å². The molecule has 4 rings (SSSR count). The van der Waals surface area contributed by atoms with Gasteiger partial charge in [-0.2, -0.15) is 0 Å². The van der Waals surface area contributed by atoms with Gasteiger partial charge in [-0.1, -0.05) is 35.9 Å². The summed E-state index contributed by atoms with van der Waals surface area (Å²) >= 11 is 6.15. The fourth-order valence-corrected chi connectivity index (χ4v) is 3.18. The van der Waals surface area contributed by atoms with E-state index < -0.39 is 11.7 Å². The van der Waals surface area contributed by atoms with Crippen LogP contribution in [0, 0.1) is 5.82 Å². The number of carbonyl (C=O) groups excluding carboxylic acids is 1. The van der Waals surface area contributed by atoms with Crippen LogP contribution in [0.25, 0.3) is 17.1 Å². The molecule has 1 N–H and O–H groups in total. The minimum atomic E-state index is -0.627. The summed E-state index contributed by atoms with van der Waals surface area (Å²) in [6, 6.07) is 20.2. The lowest BCUT2D eigenvalue weighted by atomic mass is 10.2. The molecular weight excluding hydrogens is 419 g/mol. The number of anilines is 1. The van der Waals surface area contributed by atoms with Gasteiger partial charge in [-0.25, -0.2) is 14.1 Å². The van der Waals surface area contributed by atoms with Gasteiger partial charge >= 0.3 is 0 Å². The number of carbonyl (C=O) groups is 1. The van der Waals surface area contributed by atoms with Crippen LogP contribution in [-0.4, -0.2) is 27.3 Å². The van der Waals surface area contributed by atoms with Gasteiger partial charge in [0.2, 0.25) is 5.82 Å². The Kier molecular flexibility index (Phi) is 5.95. The number of aromatic nitrogens is 3. The van der Waals surface area contributed by atoms with Gasteiger partial charge in [0.25, 0.3) is 5.91 Å². The van der Waals surface area contributed by atoms with E-state index in [-0.39, 0.29) is 11.5 Å². The highest BCUT2D eigenvalue weighted by molar-refractivity contribution is 6.30. The number of nitrogens with one attached hydrogen (secondary N) is 1. The Hall–Kier alpha value is -3.71. The van der Waals surface area contributed by atoms with Gasteiger partial charge in [0.1, 0.15) is 11.6 Å². The SMILES string of the molecule is CCOc1ccc(-n2nc(C(=O)Nc3ccccc3F)nc2-c2cccc(Cl)c2)cc1. The molecular formula is C23H18ClFN4O2. The molecule has 0 aliphatic rings. The summed E-state index contributed by atoms with van der Waals surface area (Å²) in [5, 5.41) is 7.41. The predicted molar refractivity (Wildman–Crippen MR) is 117 cm³/mol. The Morgan fingerprint density at radius 1 is 1.10 bits per heavy atom. The Morgan fingerprint density at radius 2 is 1.87 bits per heavy atom. The lowest BCUT2D eigenvalue weighted by molar-refractivity contribution is 0.101. The number of rotatable bonds is 6. The third-order valence-electron chi connectivity index (χ3n) is 4.41. The van der Waals surface area contributed by atoms with Gasteiger partial charge < -0.3 is 10.1 Å². The van der Waals surface area contributed by atoms with Gasteiger partial charge in [-0.05, 0) is 55.5 Å². The molecule has 0 aliphatic heterocycles. The van der Waals surface area contributed by atoms with Crippen molar-refractivity contribution in [2.75, 3.05) is 11.9 Å². The van der Waals surface area contributed by atoms with Crippen LogP contribution in [0.1, 0.15) is 17.5 Å². The molecule has 156 valence electrons. The van der Waals surface area contributed by atoms with Crippen LogP contribution < -0.4 is 10.1 Å². The van der Waals surface area contributed by atoms with Crippen molar-refractivity contribution in [1.82, 2.24) is 14.8 Å². The molecule has 1 amide bonds. The molecule has 0 unspecified atom stereocenters. The normalized spacial score (nSPS) is 10.7. The molecule has 0 atom stereocenters. The van der Waals surface area contributed by atoms with E-state index in [1.807, 2.05) is 25.1 Å². The molecule has 3 aromatic carbocycles. The number of ether oxygens (including phenoxy) is 1. The summed E-state index contributed by atoms with van der Waals surface area (Å²) in [6.07, 6.45) is 0. The second kappa shape index (κ2) is 8.97. The summed E-state index contributed by atoms with van der Waals surface area (Å²) in [5.41, 5.74) is 1.41. The zero-order chi connectivity index (χ0) is 21.8. The van der Waals surface area contributed by atoms with E-state index in [1.165, 1.54) is 16.8 Å². The molecule has 0 spiro atoms. The number of hydrogen-bond donors (Lipinski definition) is 1. The molecule has 0 radical (unpaired) electrons. The van der Waals surface area contributed by atoms with Gasteiger partial charge in [-0.15, -0.1) is 5.10 Å². The van der Waals surface area contributed by atoms with E-state index in [4.69, 9.17) is 16.3 Å². The Bertz CT molecular complexity index is 1220. The number of amides is 1. The van der Waals surface area contributed by atoms with Crippen LogP contribution in [0.3, 0.4) is 0 Å². The third kappa shape index (κ3) is 4.57. The van der Waals surface area contributed by atoms with Crippen molar-refractivity contribution in [1.29, 1.82) is 0 Å². The second-order valence-corrected chi connectivity index (χ2v) is 6.98. The van der Waals surface area contributed by atoms with E-state index in [0.717, 1.165) is 0 Å². The van der Waals surface area contributed by atoms with Crippen LogP contribution in [0.5, 0.6) is 5.75 Å². The topological polar surface area (TPSA) is 69.0 Å². The highest BCUT2D eigenvalue weighted by Gasteiger charge is 2.20. The highest BCUT2D eigenvalue weighted by atomic mass is 35.5. The van der Waals surface area contributed by atoms with Crippen LogP contribution >= 0.6 is 11.6 Å². The fourth-order valence-electron chi connectivity index (χ4n) is 2.99. The van der Waals surface area contributed by atoms with E-state index in [1.54, 1.807) is 42.5 Å². The smallest absolute Gasteiger partial charge is 0.295 e. The molecule has 1 aromatic heterocycles. The van der Waals surface area contributed by atoms with E-state index in [9.17, 15) is 9.18 Å². The van der Waals surface area contributed by atoms with Crippen molar-refractivity contribution in [3.05, 3.63) is 89.5 Å². The molecule has 6 nitrogen and oxygen atoms in total. The lowest BCUT2D eigenvalue weighted by Crippen LogP contribution is -2.15. The largest absolute Gasteiger partial charge is 0.494 e. The van der Waals surface area contributed by atoms with Gasteiger partial charge in [-0.3, -0.25) is 4.79 Å². The maximum absolute atomic E-state index is 13.9. The van der Waals surface area contributed by atoms with E-state index >= 15 is 0 Å².